The highest BCUT2D eigenvalue weighted by atomic mass is 16.3. The quantitative estimate of drug-likeness (QED) is 0.299. The zero-order valence-electron chi connectivity index (χ0n) is 20.1. The van der Waals surface area contributed by atoms with E-state index >= 15 is 0 Å². The molecule has 0 amide bonds. The number of aromatic nitrogens is 1. The van der Waals surface area contributed by atoms with E-state index in [9.17, 15) is 5.11 Å². The fourth-order valence-electron chi connectivity index (χ4n) is 6.25. The number of rotatable bonds is 3. The Morgan fingerprint density at radius 3 is 2.14 bits per heavy atom. The lowest BCUT2D eigenvalue weighted by Crippen LogP contribution is -2.40. The molecule has 0 saturated heterocycles. The van der Waals surface area contributed by atoms with Crippen molar-refractivity contribution >= 4 is 17.2 Å². The zero-order chi connectivity index (χ0) is 24.3. The van der Waals surface area contributed by atoms with Crippen LogP contribution in [0.4, 0.5) is 17.2 Å². The van der Waals surface area contributed by atoms with E-state index in [1.54, 1.807) is 0 Å². The number of aryl methyl sites for hydroxylation is 1. The molecule has 0 saturated carbocycles. The summed E-state index contributed by atoms with van der Waals surface area (Å²) in [6.45, 7) is 2.17. The molecule has 5 aromatic rings. The summed E-state index contributed by atoms with van der Waals surface area (Å²) >= 11 is 0. The van der Waals surface area contributed by atoms with Crippen LogP contribution in [0.3, 0.4) is 0 Å². The third kappa shape index (κ3) is 2.69. The molecule has 2 aliphatic rings. The maximum absolute atomic E-state index is 11.7. The number of aliphatic hydroxyl groups excluding tert-OH is 1. The number of hydrogen-bond acceptors (Lipinski definition) is 3. The van der Waals surface area contributed by atoms with Gasteiger partial charge in [0, 0.05) is 22.9 Å². The van der Waals surface area contributed by atoms with Crippen LogP contribution in [0.1, 0.15) is 52.0 Å². The van der Waals surface area contributed by atoms with E-state index in [1.807, 2.05) is 12.3 Å². The monoisotopic (exact) mass is 466 g/mol. The number of fused-ring (bicyclic) bond motifs is 4. The minimum atomic E-state index is -0.702. The Hall–Kier alpha value is -4.21. The number of nitrogens with zero attached hydrogens (tertiary/aromatic N) is 2. The first-order valence-corrected chi connectivity index (χ1v) is 12.6. The predicted molar refractivity (Wildman–Crippen MR) is 144 cm³/mol. The van der Waals surface area contributed by atoms with Gasteiger partial charge in [0.05, 0.1) is 16.8 Å². The van der Waals surface area contributed by atoms with E-state index in [2.05, 4.69) is 115 Å². The van der Waals surface area contributed by atoms with E-state index in [1.165, 1.54) is 16.7 Å². The van der Waals surface area contributed by atoms with Gasteiger partial charge >= 0.3 is 0 Å². The van der Waals surface area contributed by atoms with Crippen molar-refractivity contribution in [3.8, 4) is 0 Å². The van der Waals surface area contributed by atoms with Gasteiger partial charge in [0.25, 0.3) is 0 Å². The van der Waals surface area contributed by atoms with Crippen molar-refractivity contribution in [3.63, 3.8) is 0 Å². The molecule has 0 radical (unpaired) electrons. The highest BCUT2D eigenvalue weighted by Crippen LogP contribution is 2.61. The second-order valence-corrected chi connectivity index (χ2v) is 9.58. The maximum Gasteiger partial charge on any atom is 0.142 e. The number of benzene rings is 4. The summed E-state index contributed by atoms with van der Waals surface area (Å²) in [4.78, 5) is 7.30. The van der Waals surface area contributed by atoms with E-state index < -0.39 is 11.5 Å². The van der Waals surface area contributed by atoms with Gasteiger partial charge < -0.3 is 5.11 Å². The Morgan fingerprint density at radius 2 is 1.44 bits per heavy atom. The molecule has 3 nitrogen and oxygen atoms in total. The second kappa shape index (κ2) is 7.91. The largest absolute Gasteiger partial charge is 0.383 e. The van der Waals surface area contributed by atoms with Gasteiger partial charge in [0.15, 0.2) is 0 Å². The molecule has 1 atom stereocenters. The molecule has 1 N–H and O–H groups in total. The highest BCUT2D eigenvalue weighted by Gasteiger charge is 2.49. The van der Waals surface area contributed by atoms with Crippen molar-refractivity contribution in [1.29, 1.82) is 0 Å². The van der Waals surface area contributed by atoms with Crippen LogP contribution in [-0.4, -0.2) is 10.1 Å². The van der Waals surface area contributed by atoms with Gasteiger partial charge in [0.2, 0.25) is 0 Å². The summed E-state index contributed by atoms with van der Waals surface area (Å²) in [6.07, 6.45) is 2.10. The molecular formula is C33H26N2O. The minimum absolute atomic E-state index is 0.576. The minimum Gasteiger partial charge on any atom is -0.383 e. The molecule has 7 rings (SSSR count). The van der Waals surface area contributed by atoms with Crippen LogP contribution < -0.4 is 4.90 Å². The number of anilines is 3. The van der Waals surface area contributed by atoms with Crippen LogP contribution in [0.5, 0.6) is 0 Å². The van der Waals surface area contributed by atoms with Gasteiger partial charge in [-0.2, -0.15) is 0 Å². The summed E-state index contributed by atoms with van der Waals surface area (Å²) in [5.74, 6) is 0.909. The third-order valence-electron chi connectivity index (χ3n) is 7.84. The molecule has 2 aliphatic heterocycles. The first kappa shape index (κ1) is 21.1. The first-order valence-electron chi connectivity index (χ1n) is 12.6. The molecule has 0 spiro atoms. The van der Waals surface area contributed by atoms with Gasteiger partial charge in [-0.3, -0.25) is 4.90 Å². The SMILES string of the molecule is CCc1ccc2c(c1)N1c3ncccc3C(c3ccccc3)(c3ccccc3)c3cccc(c31)C2O. The molecular weight excluding hydrogens is 440 g/mol. The van der Waals surface area contributed by atoms with Crippen LogP contribution in [-0.2, 0) is 11.8 Å². The highest BCUT2D eigenvalue weighted by molar-refractivity contribution is 5.92. The first-order chi connectivity index (χ1) is 17.7. The second-order valence-electron chi connectivity index (χ2n) is 9.58. The summed E-state index contributed by atoms with van der Waals surface area (Å²) < 4.78 is 0. The van der Waals surface area contributed by atoms with Crippen molar-refractivity contribution in [1.82, 2.24) is 4.98 Å². The topological polar surface area (TPSA) is 36.4 Å². The summed E-state index contributed by atoms with van der Waals surface area (Å²) in [5, 5.41) is 11.7. The smallest absolute Gasteiger partial charge is 0.142 e. The maximum atomic E-state index is 11.7. The Labute approximate surface area is 211 Å². The molecule has 0 aliphatic carbocycles. The van der Waals surface area contributed by atoms with Crippen LogP contribution in [0, 0.1) is 0 Å². The molecule has 36 heavy (non-hydrogen) atoms. The fourth-order valence-corrected chi connectivity index (χ4v) is 6.25. The van der Waals surface area contributed by atoms with Crippen molar-refractivity contribution < 1.29 is 5.11 Å². The summed E-state index contributed by atoms with van der Waals surface area (Å²) in [6, 6.07) is 38.4. The van der Waals surface area contributed by atoms with Gasteiger partial charge in [0.1, 0.15) is 11.9 Å². The van der Waals surface area contributed by atoms with Crippen molar-refractivity contribution in [2.75, 3.05) is 4.90 Å². The summed E-state index contributed by atoms with van der Waals surface area (Å²) in [5.41, 5.74) is 9.19. The lowest BCUT2D eigenvalue weighted by atomic mass is 9.62. The van der Waals surface area contributed by atoms with Crippen LogP contribution in [0.25, 0.3) is 0 Å². The van der Waals surface area contributed by atoms with E-state index in [-0.39, 0.29) is 0 Å². The molecule has 0 fully saturated rings. The average molecular weight is 467 g/mol. The Morgan fingerprint density at radius 1 is 0.750 bits per heavy atom. The third-order valence-corrected chi connectivity index (χ3v) is 7.84. The van der Waals surface area contributed by atoms with Gasteiger partial charge in [-0.05, 0) is 40.8 Å². The zero-order valence-corrected chi connectivity index (χ0v) is 20.1. The van der Waals surface area contributed by atoms with Gasteiger partial charge in [-0.1, -0.05) is 104 Å². The normalized spacial score (nSPS) is 16.6. The van der Waals surface area contributed by atoms with Crippen molar-refractivity contribution in [2.24, 2.45) is 0 Å². The van der Waals surface area contributed by atoms with E-state index in [4.69, 9.17) is 4.98 Å². The van der Waals surface area contributed by atoms with Gasteiger partial charge in [-0.15, -0.1) is 0 Å². The fraction of sp³-hybridized carbons (Fsp3) is 0.121. The van der Waals surface area contributed by atoms with Crippen LogP contribution in [0.2, 0.25) is 0 Å². The Kier molecular flexibility index (Phi) is 4.63. The number of pyridine rings is 1. The molecule has 4 aromatic carbocycles. The molecule has 3 heterocycles. The number of aliphatic hydroxyl groups is 1. The van der Waals surface area contributed by atoms with Crippen molar-refractivity contribution in [3.05, 3.63) is 154 Å². The van der Waals surface area contributed by atoms with Crippen LogP contribution in [0.15, 0.2) is 115 Å². The predicted octanol–water partition coefficient (Wildman–Crippen LogP) is 7.21. The summed E-state index contributed by atoms with van der Waals surface area (Å²) in [7, 11) is 0. The lowest BCUT2D eigenvalue weighted by molar-refractivity contribution is 0.219. The standard InChI is InChI=1S/C33H26N2O/c1-2-22-18-19-25-29(21-22)35-30-26(31(25)36)15-9-16-27(30)33(23-11-5-3-6-12-23,24-13-7-4-8-14-24)28-17-10-20-34-32(28)35/h3-21,31,36H,2H2,1H3. The Bertz CT molecular complexity index is 1550. The number of hydrogen-bond donors (Lipinski definition) is 1. The lowest BCUT2D eigenvalue weighted by Gasteiger charge is -2.48. The molecule has 1 unspecified atom stereocenters. The van der Waals surface area contributed by atoms with Gasteiger partial charge in [-0.25, -0.2) is 4.98 Å². The molecule has 3 heteroatoms. The van der Waals surface area contributed by atoms with Crippen molar-refractivity contribution in [2.45, 2.75) is 24.9 Å². The average Bonchev–Trinajstić information content (AvgIpc) is 2.95. The molecule has 0 bridgehead atoms. The van der Waals surface area contributed by atoms with E-state index in [0.29, 0.717) is 0 Å². The van der Waals surface area contributed by atoms with Crippen LogP contribution >= 0.6 is 0 Å². The molecule has 174 valence electrons. The Balaban J connectivity index is 1.67. The molecule has 1 aromatic heterocycles. The van der Waals surface area contributed by atoms with E-state index in [0.717, 1.165) is 45.9 Å². The number of para-hydroxylation sites is 1.